The third kappa shape index (κ3) is 6.13. The van der Waals surface area contributed by atoms with E-state index in [1.165, 1.54) is 4.88 Å². The van der Waals surface area contributed by atoms with Crippen LogP contribution in [-0.2, 0) is 11.2 Å². The first kappa shape index (κ1) is 13.5. The topological polar surface area (TPSA) is 29.1 Å². The molecule has 1 heterocycles. The van der Waals surface area contributed by atoms with Crippen LogP contribution in [0.2, 0.25) is 0 Å². The Morgan fingerprint density at radius 2 is 2.25 bits per heavy atom. The molecular weight excluding hydrogens is 242 g/mol. The SMILES string of the molecule is O=C(CCCc1cccs1)NCCCCCl. The van der Waals surface area contributed by atoms with Crippen LogP contribution in [0.1, 0.15) is 30.6 Å². The molecule has 0 aromatic carbocycles. The summed E-state index contributed by atoms with van der Waals surface area (Å²) in [4.78, 5) is 12.8. The van der Waals surface area contributed by atoms with Gasteiger partial charge in [-0.25, -0.2) is 0 Å². The van der Waals surface area contributed by atoms with Crippen LogP contribution in [0.5, 0.6) is 0 Å². The van der Waals surface area contributed by atoms with Gasteiger partial charge in [0.1, 0.15) is 0 Å². The van der Waals surface area contributed by atoms with Crippen LogP contribution >= 0.6 is 22.9 Å². The van der Waals surface area contributed by atoms with Crippen molar-refractivity contribution in [3.05, 3.63) is 22.4 Å². The lowest BCUT2D eigenvalue weighted by Gasteiger charge is -2.03. The van der Waals surface area contributed by atoms with Crippen LogP contribution in [0, 0.1) is 0 Å². The van der Waals surface area contributed by atoms with E-state index in [2.05, 4.69) is 16.8 Å². The molecule has 0 aliphatic heterocycles. The number of alkyl halides is 1. The second-order valence-electron chi connectivity index (χ2n) is 3.68. The third-order valence-electron chi connectivity index (χ3n) is 2.29. The Labute approximate surface area is 106 Å². The standard InChI is InChI=1S/C12H18ClNOS/c13-8-1-2-9-14-12(15)7-3-5-11-6-4-10-16-11/h4,6,10H,1-3,5,7-9H2,(H,14,15). The lowest BCUT2D eigenvalue weighted by atomic mass is 10.2. The van der Waals surface area contributed by atoms with Crippen LogP contribution in [-0.4, -0.2) is 18.3 Å². The number of amides is 1. The Morgan fingerprint density at radius 3 is 2.94 bits per heavy atom. The lowest BCUT2D eigenvalue weighted by molar-refractivity contribution is -0.121. The number of hydrogen-bond acceptors (Lipinski definition) is 2. The van der Waals surface area contributed by atoms with Crippen LogP contribution in [0.4, 0.5) is 0 Å². The van der Waals surface area contributed by atoms with E-state index in [1.807, 2.05) is 6.07 Å². The van der Waals surface area contributed by atoms with Crippen molar-refractivity contribution in [2.45, 2.75) is 32.1 Å². The Kier molecular flexibility index (Phi) is 7.26. The number of carbonyl (C=O) groups excluding carboxylic acids is 1. The summed E-state index contributed by atoms with van der Waals surface area (Å²) in [5.74, 6) is 0.833. The van der Waals surface area contributed by atoms with Crippen LogP contribution in [0.3, 0.4) is 0 Å². The summed E-state index contributed by atoms with van der Waals surface area (Å²) in [6.07, 6.45) is 4.50. The number of aryl methyl sites for hydroxylation is 1. The highest BCUT2D eigenvalue weighted by Crippen LogP contribution is 2.11. The van der Waals surface area contributed by atoms with Crippen molar-refractivity contribution in [2.75, 3.05) is 12.4 Å². The summed E-state index contributed by atoms with van der Waals surface area (Å²) in [6, 6.07) is 4.16. The van der Waals surface area contributed by atoms with Gasteiger partial charge in [0, 0.05) is 23.7 Å². The van der Waals surface area contributed by atoms with E-state index in [4.69, 9.17) is 11.6 Å². The maximum absolute atomic E-state index is 11.4. The smallest absolute Gasteiger partial charge is 0.220 e. The van der Waals surface area contributed by atoms with Crippen molar-refractivity contribution in [2.24, 2.45) is 0 Å². The summed E-state index contributed by atoms with van der Waals surface area (Å²) in [5, 5.41) is 4.97. The number of unbranched alkanes of at least 4 members (excludes halogenated alkanes) is 1. The fourth-order valence-corrected chi connectivity index (χ4v) is 2.35. The van der Waals surface area contributed by atoms with Crippen molar-refractivity contribution in [1.29, 1.82) is 0 Å². The first-order chi connectivity index (χ1) is 7.83. The highest BCUT2D eigenvalue weighted by Gasteiger charge is 2.01. The summed E-state index contributed by atoms with van der Waals surface area (Å²) in [6.45, 7) is 0.755. The minimum atomic E-state index is 0.158. The summed E-state index contributed by atoms with van der Waals surface area (Å²) < 4.78 is 0. The first-order valence-corrected chi connectivity index (χ1v) is 7.09. The highest BCUT2D eigenvalue weighted by molar-refractivity contribution is 7.09. The molecule has 0 aliphatic rings. The molecule has 0 saturated carbocycles. The number of rotatable bonds is 8. The second kappa shape index (κ2) is 8.59. The van der Waals surface area contributed by atoms with Gasteiger partial charge in [0.2, 0.25) is 5.91 Å². The number of thiophene rings is 1. The minimum absolute atomic E-state index is 0.158. The molecule has 0 bridgehead atoms. The van der Waals surface area contributed by atoms with Gasteiger partial charge in [0.25, 0.3) is 0 Å². The summed E-state index contributed by atoms with van der Waals surface area (Å²) >= 11 is 7.30. The molecule has 1 aromatic heterocycles. The fourth-order valence-electron chi connectivity index (χ4n) is 1.41. The van der Waals surface area contributed by atoms with E-state index in [0.717, 1.165) is 32.2 Å². The molecule has 2 nitrogen and oxygen atoms in total. The van der Waals surface area contributed by atoms with Crippen molar-refractivity contribution < 1.29 is 4.79 Å². The number of halogens is 1. The molecular formula is C12H18ClNOS. The van der Waals surface area contributed by atoms with Gasteiger partial charge in [-0.3, -0.25) is 4.79 Å². The van der Waals surface area contributed by atoms with Gasteiger partial charge in [0.05, 0.1) is 0 Å². The number of carbonyl (C=O) groups is 1. The molecule has 4 heteroatoms. The van der Waals surface area contributed by atoms with Crippen LogP contribution < -0.4 is 5.32 Å². The van der Waals surface area contributed by atoms with Gasteiger partial charge in [-0.1, -0.05) is 6.07 Å². The summed E-state index contributed by atoms with van der Waals surface area (Å²) in [7, 11) is 0. The van der Waals surface area contributed by atoms with E-state index in [-0.39, 0.29) is 5.91 Å². The quantitative estimate of drug-likeness (QED) is 0.564. The molecule has 90 valence electrons. The molecule has 0 radical (unpaired) electrons. The Bertz CT molecular complexity index is 287. The van der Waals surface area contributed by atoms with E-state index in [0.29, 0.717) is 12.3 Å². The van der Waals surface area contributed by atoms with Crippen molar-refractivity contribution in [1.82, 2.24) is 5.32 Å². The van der Waals surface area contributed by atoms with Crippen LogP contribution in [0.25, 0.3) is 0 Å². The molecule has 16 heavy (non-hydrogen) atoms. The zero-order chi connectivity index (χ0) is 11.6. The number of hydrogen-bond donors (Lipinski definition) is 1. The molecule has 0 saturated heterocycles. The van der Waals surface area contributed by atoms with Crippen LogP contribution in [0.15, 0.2) is 17.5 Å². The third-order valence-corrected chi connectivity index (χ3v) is 3.49. The van der Waals surface area contributed by atoms with E-state index in [1.54, 1.807) is 11.3 Å². The van der Waals surface area contributed by atoms with Gasteiger partial charge in [-0.15, -0.1) is 22.9 Å². The minimum Gasteiger partial charge on any atom is -0.356 e. The highest BCUT2D eigenvalue weighted by atomic mass is 35.5. The van der Waals surface area contributed by atoms with Crippen molar-refractivity contribution in [3.8, 4) is 0 Å². The van der Waals surface area contributed by atoms with Gasteiger partial charge in [0.15, 0.2) is 0 Å². The van der Waals surface area contributed by atoms with E-state index < -0.39 is 0 Å². The maximum Gasteiger partial charge on any atom is 0.220 e. The van der Waals surface area contributed by atoms with E-state index in [9.17, 15) is 4.79 Å². The zero-order valence-corrected chi connectivity index (χ0v) is 10.9. The molecule has 0 spiro atoms. The van der Waals surface area contributed by atoms with Gasteiger partial charge >= 0.3 is 0 Å². The Balaban J connectivity index is 1.98. The fraction of sp³-hybridized carbons (Fsp3) is 0.583. The molecule has 0 fully saturated rings. The molecule has 0 unspecified atom stereocenters. The van der Waals surface area contributed by atoms with Crippen molar-refractivity contribution >= 4 is 28.8 Å². The Morgan fingerprint density at radius 1 is 1.38 bits per heavy atom. The molecule has 0 aliphatic carbocycles. The zero-order valence-electron chi connectivity index (χ0n) is 9.38. The molecule has 0 atom stereocenters. The average Bonchev–Trinajstić information content (AvgIpc) is 2.77. The van der Waals surface area contributed by atoms with Gasteiger partial charge in [-0.2, -0.15) is 0 Å². The van der Waals surface area contributed by atoms with Gasteiger partial charge in [-0.05, 0) is 37.1 Å². The molecule has 1 N–H and O–H groups in total. The predicted molar refractivity (Wildman–Crippen MR) is 70.2 cm³/mol. The molecule has 1 rings (SSSR count). The average molecular weight is 260 g/mol. The normalized spacial score (nSPS) is 10.3. The van der Waals surface area contributed by atoms with E-state index >= 15 is 0 Å². The predicted octanol–water partition coefficient (Wildman–Crippen LogP) is 3.21. The lowest BCUT2D eigenvalue weighted by Crippen LogP contribution is -2.24. The summed E-state index contributed by atoms with van der Waals surface area (Å²) in [5.41, 5.74) is 0. The molecule has 1 aromatic rings. The monoisotopic (exact) mass is 259 g/mol. The van der Waals surface area contributed by atoms with Gasteiger partial charge < -0.3 is 5.32 Å². The van der Waals surface area contributed by atoms with Crippen molar-refractivity contribution in [3.63, 3.8) is 0 Å². The number of nitrogens with one attached hydrogen (secondary N) is 1. The maximum atomic E-state index is 11.4. The first-order valence-electron chi connectivity index (χ1n) is 5.68. The Hall–Kier alpha value is -0.540. The second-order valence-corrected chi connectivity index (χ2v) is 5.09. The molecule has 1 amide bonds. The largest absolute Gasteiger partial charge is 0.356 e.